The van der Waals surface area contributed by atoms with Gasteiger partial charge in [-0.1, -0.05) is 50.2 Å². The maximum atomic E-state index is 13.6. The van der Waals surface area contributed by atoms with Gasteiger partial charge in [-0.15, -0.1) is 0 Å². The standard InChI is InChI=1S/C24H29N3O/c1-18(2)16-22(26-14-12-25-13-15-26)23-17-19-8-6-7-11-21(19)24(28)27(23)20-9-4-3-5-10-20/h3-11,17-18,22,25H,12-16H2,1-2H3. The number of benzene rings is 2. The summed E-state index contributed by atoms with van der Waals surface area (Å²) in [6, 6.07) is 20.5. The Morgan fingerprint density at radius 3 is 2.36 bits per heavy atom. The van der Waals surface area contributed by atoms with E-state index in [0.717, 1.165) is 54.8 Å². The summed E-state index contributed by atoms with van der Waals surface area (Å²) < 4.78 is 1.94. The van der Waals surface area contributed by atoms with Crippen LogP contribution in [0.4, 0.5) is 0 Å². The minimum absolute atomic E-state index is 0.0724. The predicted molar refractivity (Wildman–Crippen MR) is 116 cm³/mol. The first-order chi connectivity index (χ1) is 13.6. The number of aromatic nitrogens is 1. The summed E-state index contributed by atoms with van der Waals surface area (Å²) in [4.78, 5) is 16.1. The zero-order valence-corrected chi connectivity index (χ0v) is 16.8. The van der Waals surface area contributed by atoms with Gasteiger partial charge in [0.1, 0.15) is 0 Å². The average Bonchev–Trinajstić information content (AvgIpc) is 2.73. The molecule has 0 saturated carbocycles. The first-order valence-electron chi connectivity index (χ1n) is 10.3. The highest BCUT2D eigenvalue weighted by molar-refractivity contribution is 5.82. The van der Waals surface area contributed by atoms with Crippen molar-refractivity contribution in [3.05, 3.63) is 76.7 Å². The summed E-state index contributed by atoms with van der Waals surface area (Å²) in [6.45, 7) is 8.54. The van der Waals surface area contributed by atoms with Gasteiger partial charge in [-0.3, -0.25) is 14.3 Å². The summed E-state index contributed by atoms with van der Waals surface area (Å²) in [7, 11) is 0. The lowest BCUT2D eigenvalue weighted by Crippen LogP contribution is -2.46. The van der Waals surface area contributed by atoms with Crippen molar-refractivity contribution in [3.63, 3.8) is 0 Å². The van der Waals surface area contributed by atoms with Gasteiger partial charge in [-0.2, -0.15) is 0 Å². The Kier molecular flexibility index (Phi) is 5.60. The molecule has 1 aliphatic rings. The van der Waals surface area contributed by atoms with Gasteiger partial charge >= 0.3 is 0 Å². The molecule has 0 spiro atoms. The third-order valence-corrected chi connectivity index (χ3v) is 5.60. The maximum Gasteiger partial charge on any atom is 0.263 e. The second kappa shape index (κ2) is 8.29. The average molecular weight is 376 g/mol. The molecule has 4 rings (SSSR count). The lowest BCUT2D eigenvalue weighted by Gasteiger charge is -2.37. The minimum atomic E-state index is 0.0724. The lowest BCUT2D eigenvalue weighted by molar-refractivity contribution is 0.149. The van der Waals surface area contributed by atoms with E-state index < -0.39 is 0 Å². The number of nitrogens with zero attached hydrogens (tertiary/aromatic N) is 2. The zero-order valence-electron chi connectivity index (χ0n) is 16.8. The van der Waals surface area contributed by atoms with Crippen LogP contribution < -0.4 is 10.9 Å². The zero-order chi connectivity index (χ0) is 19.5. The van der Waals surface area contributed by atoms with Crippen LogP contribution in [-0.4, -0.2) is 35.6 Å². The molecule has 2 aromatic carbocycles. The van der Waals surface area contributed by atoms with Gasteiger partial charge in [0.05, 0.1) is 6.04 Å². The molecular weight excluding hydrogens is 346 g/mol. The molecule has 0 aliphatic carbocycles. The Balaban J connectivity index is 1.95. The number of para-hydroxylation sites is 1. The molecule has 1 N–H and O–H groups in total. The quantitative estimate of drug-likeness (QED) is 0.733. The largest absolute Gasteiger partial charge is 0.314 e. The SMILES string of the molecule is CC(C)CC(c1cc2ccccc2c(=O)n1-c1ccccc1)N1CCNCC1. The van der Waals surface area contributed by atoms with Crippen molar-refractivity contribution in [1.82, 2.24) is 14.8 Å². The van der Waals surface area contributed by atoms with Gasteiger partial charge in [0.15, 0.2) is 0 Å². The molecule has 1 saturated heterocycles. The van der Waals surface area contributed by atoms with Crippen LogP contribution in [-0.2, 0) is 0 Å². The van der Waals surface area contributed by atoms with Crippen LogP contribution in [0.3, 0.4) is 0 Å². The molecule has 1 aromatic heterocycles. The number of hydrogen-bond acceptors (Lipinski definition) is 3. The van der Waals surface area contributed by atoms with Crippen LogP contribution in [0, 0.1) is 5.92 Å². The van der Waals surface area contributed by atoms with Crippen molar-refractivity contribution in [2.24, 2.45) is 5.92 Å². The molecule has 1 unspecified atom stereocenters. The third-order valence-electron chi connectivity index (χ3n) is 5.60. The molecule has 2 heterocycles. The Hall–Kier alpha value is -2.43. The van der Waals surface area contributed by atoms with Gasteiger partial charge in [-0.05, 0) is 42.0 Å². The fourth-order valence-electron chi connectivity index (χ4n) is 4.27. The summed E-state index contributed by atoms with van der Waals surface area (Å²) in [5, 5.41) is 5.25. The van der Waals surface area contributed by atoms with Crippen molar-refractivity contribution in [2.45, 2.75) is 26.3 Å². The van der Waals surface area contributed by atoms with Crippen molar-refractivity contribution in [2.75, 3.05) is 26.2 Å². The molecular formula is C24H29N3O. The van der Waals surface area contributed by atoms with Crippen molar-refractivity contribution >= 4 is 10.8 Å². The highest BCUT2D eigenvalue weighted by Gasteiger charge is 2.27. The van der Waals surface area contributed by atoms with Crippen molar-refractivity contribution < 1.29 is 0 Å². The Labute approximate surface area is 166 Å². The summed E-state index contributed by atoms with van der Waals surface area (Å²) in [6.07, 6.45) is 1.03. The Morgan fingerprint density at radius 1 is 0.964 bits per heavy atom. The molecule has 1 aliphatic heterocycles. The molecule has 0 bridgehead atoms. The third kappa shape index (κ3) is 3.75. The van der Waals surface area contributed by atoms with Gasteiger partial charge in [0.25, 0.3) is 5.56 Å². The van der Waals surface area contributed by atoms with E-state index in [9.17, 15) is 4.79 Å². The first-order valence-corrected chi connectivity index (χ1v) is 10.3. The molecule has 0 amide bonds. The van der Waals surface area contributed by atoms with E-state index >= 15 is 0 Å². The number of nitrogens with one attached hydrogen (secondary N) is 1. The van der Waals surface area contributed by atoms with Crippen molar-refractivity contribution in [1.29, 1.82) is 0 Å². The lowest BCUT2D eigenvalue weighted by atomic mass is 9.96. The first kappa shape index (κ1) is 18.9. The molecule has 4 nitrogen and oxygen atoms in total. The van der Waals surface area contributed by atoms with E-state index in [1.165, 1.54) is 0 Å². The van der Waals surface area contributed by atoms with Gasteiger partial charge < -0.3 is 5.32 Å². The number of rotatable bonds is 5. The number of hydrogen-bond donors (Lipinski definition) is 1. The van der Waals surface area contributed by atoms with E-state index in [1.807, 2.05) is 53.1 Å². The van der Waals surface area contributed by atoms with E-state index in [2.05, 4.69) is 36.2 Å². The molecule has 4 heteroatoms. The number of fused-ring (bicyclic) bond motifs is 1. The predicted octanol–water partition coefficient (Wildman–Crippen LogP) is 3.98. The van der Waals surface area contributed by atoms with Crippen LogP contribution in [0.15, 0.2) is 65.5 Å². The second-order valence-corrected chi connectivity index (χ2v) is 8.06. The maximum absolute atomic E-state index is 13.6. The minimum Gasteiger partial charge on any atom is -0.314 e. The molecule has 1 fully saturated rings. The van der Waals surface area contributed by atoms with E-state index in [-0.39, 0.29) is 11.6 Å². The Morgan fingerprint density at radius 2 is 1.64 bits per heavy atom. The highest BCUT2D eigenvalue weighted by Crippen LogP contribution is 2.30. The van der Waals surface area contributed by atoms with E-state index in [4.69, 9.17) is 0 Å². The molecule has 1 atom stereocenters. The van der Waals surface area contributed by atoms with Crippen LogP contribution in [0.1, 0.15) is 32.0 Å². The summed E-state index contributed by atoms with van der Waals surface area (Å²) in [5.74, 6) is 0.547. The van der Waals surface area contributed by atoms with Crippen LogP contribution in [0.5, 0.6) is 0 Å². The molecule has 0 radical (unpaired) electrons. The van der Waals surface area contributed by atoms with Crippen molar-refractivity contribution in [3.8, 4) is 5.69 Å². The molecule has 3 aromatic rings. The molecule has 146 valence electrons. The van der Waals surface area contributed by atoms with Gasteiger partial charge in [0.2, 0.25) is 0 Å². The molecule has 28 heavy (non-hydrogen) atoms. The fourth-order valence-corrected chi connectivity index (χ4v) is 4.27. The van der Waals surface area contributed by atoms with Crippen LogP contribution in [0.2, 0.25) is 0 Å². The van der Waals surface area contributed by atoms with Crippen LogP contribution >= 0.6 is 0 Å². The summed E-state index contributed by atoms with van der Waals surface area (Å²) >= 11 is 0. The van der Waals surface area contributed by atoms with E-state index in [0.29, 0.717) is 5.92 Å². The smallest absolute Gasteiger partial charge is 0.263 e. The Bertz CT molecular complexity index is 988. The van der Waals surface area contributed by atoms with E-state index in [1.54, 1.807) is 0 Å². The second-order valence-electron chi connectivity index (χ2n) is 8.06. The summed E-state index contributed by atoms with van der Waals surface area (Å²) in [5.41, 5.74) is 2.12. The van der Waals surface area contributed by atoms with Gasteiger partial charge in [-0.25, -0.2) is 0 Å². The monoisotopic (exact) mass is 375 g/mol. The number of pyridine rings is 1. The van der Waals surface area contributed by atoms with Gasteiger partial charge in [0, 0.05) is 42.9 Å². The number of piperazine rings is 1. The highest BCUT2D eigenvalue weighted by atomic mass is 16.1. The normalized spacial score (nSPS) is 16.5. The van der Waals surface area contributed by atoms with Crippen LogP contribution in [0.25, 0.3) is 16.5 Å². The fraction of sp³-hybridized carbons (Fsp3) is 0.375. The topological polar surface area (TPSA) is 37.3 Å².